The van der Waals surface area contributed by atoms with Gasteiger partial charge in [-0.25, -0.2) is 0 Å². The monoisotopic (exact) mass is 352 g/mol. The molecule has 5 heteroatoms. The Morgan fingerprint density at radius 3 is 2.41 bits per heavy atom. The second kappa shape index (κ2) is 7.86. The molecule has 0 aliphatic carbocycles. The Balaban J connectivity index is 2.19. The third-order valence-corrected chi connectivity index (χ3v) is 4.14. The van der Waals surface area contributed by atoms with Crippen molar-refractivity contribution in [1.82, 2.24) is 9.47 Å². The van der Waals surface area contributed by atoms with Crippen LogP contribution >= 0.6 is 0 Å². The topological polar surface area (TPSA) is 72.8 Å². The zero-order valence-corrected chi connectivity index (χ0v) is 14.7. The van der Waals surface area contributed by atoms with Gasteiger partial charge in [0, 0.05) is 30.7 Å². The highest BCUT2D eigenvalue weighted by Gasteiger charge is 2.23. The number of aromatic nitrogens is 1. The fraction of sp³-hybridized carbons (Fsp3) is 0.0455. The van der Waals surface area contributed by atoms with Gasteiger partial charge in [-0.1, -0.05) is 36.4 Å². The molecule has 0 saturated heterocycles. The molecule has 0 saturated carbocycles. The van der Waals surface area contributed by atoms with Gasteiger partial charge in [-0.2, -0.15) is 10.5 Å². The molecule has 3 rings (SSSR count). The number of benzene rings is 1. The Morgan fingerprint density at radius 1 is 1.04 bits per heavy atom. The Bertz CT molecular complexity index is 1050. The maximum absolute atomic E-state index is 13.3. The molecule has 2 aromatic rings. The summed E-state index contributed by atoms with van der Waals surface area (Å²) >= 11 is 0. The number of carbonyl (C=O) groups excluding carboxylic acids is 1. The molecule has 1 aliphatic rings. The van der Waals surface area contributed by atoms with Gasteiger partial charge in [-0.05, 0) is 30.4 Å². The maximum atomic E-state index is 13.3. The van der Waals surface area contributed by atoms with E-state index in [-0.39, 0.29) is 11.4 Å². The summed E-state index contributed by atoms with van der Waals surface area (Å²) < 4.78 is 1.89. The number of Topliss-reactive ketones (excluding diaryl/α,β-unsaturated/α-hetero) is 1. The van der Waals surface area contributed by atoms with Crippen LogP contribution in [0.2, 0.25) is 0 Å². The van der Waals surface area contributed by atoms with Crippen molar-refractivity contribution in [3.63, 3.8) is 0 Å². The van der Waals surface area contributed by atoms with Crippen molar-refractivity contribution in [1.29, 1.82) is 10.5 Å². The van der Waals surface area contributed by atoms with Crippen molar-refractivity contribution >= 4 is 11.9 Å². The van der Waals surface area contributed by atoms with Crippen LogP contribution in [-0.4, -0.2) is 15.3 Å². The fourth-order valence-electron chi connectivity index (χ4n) is 2.74. The molecule has 0 unspecified atom stereocenters. The average Bonchev–Trinajstić information content (AvgIpc) is 3.12. The minimum Gasteiger partial charge on any atom is -0.351 e. The minimum atomic E-state index is -0.204. The number of allylic oxidation sites excluding steroid dienone is 5. The third-order valence-electron chi connectivity index (χ3n) is 4.14. The molecule has 27 heavy (non-hydrogen) atoms. The normalized spacial score (nSPS) is 13.2. The summed E-state index contributed by atoms with van der Waals surface area (Å²) in [5, 5.41) is 18.6. The Kier molecular flexibility index (Phi) is 5.16. The first-order valence-electron chi connectivity index (χ1n) is 8.27. The van der Waals surface area contributed by atoms with Crippen LogP contribution < -0.4 is 0 Å². The lowest BCUT2D eigenvalue weighted by Gasteiger charge is -2.26. The van der Waals surface area contributed by atoms with Gasteiger partial charge in [0.05, 0.1) is 11.4 Å². The SMILES string of the molecule is Cn1cccc1C=C(C(=O)c1ccccc1)N1C=CC=CC1=C(C#N)C#N. The van der Waals surface area contributed by atoms with Crippen LogP contribution in [-0.2, 0) is 7.05 Å². The molecule has 0 N–H and O–H groups in total. The van der Waals surface area contributed by atoms with Gasteiger partial charge in [-0.3, -0.25) is 4.79 Å². The average molecular weight is 352 g/mol. The predicted molar refractivity (Wildman–Crippen MR) is 103 cm³/mol. The van der Waals surface area contributed by atoms with Gasteiger partial charge in [0.1, 0.15) is 12.1 Å². The molecule has 0 fully saturated rings. The van der Waals surface area contributed by atoms with Crippen molar-refractivity contribution < 1.29 is 4.79 Å². The lowest BCUT2D eigenvalue weighted by Crippen LogP contribution is -2.24. The number of hydrogen-bond donors (Lipinski definition) is 0. The van der Waals surface area contributed by atoms with Crippen molar-refractivity contribution in [3.05, 3.63) is 101 Å². The van der Waals surface area contributed by atoms with Crippen LogP contribution in [0.15, 0.2) is 90.1 Å². The van der Waals surface area contributed by atoms with Gasteiger partial charge in [0.25, 0.3) is 0 Å². The predicted octanol–water partition coefficient (Wildman–Crippen LogP) is 3.94. The van der Waals surface area contributed by atoms with Crippen LogP contribution in [0.3, 0.4) is 0 Å². The fourth-order valence-corrected chi connectivity index (χ4v) is 2.74. The zero-order valence-electron chi connectivity index (χ0n) is 14.7. The molecule has 1 aromatic heterocycles. The Morgan fingerprint density at radius 2 is 1.78 bits per heavy atom. The largest absolute Gasteiger partial charge is 0.351 e. The van der Waals surface area contributed by atoms with Gasteiger partial charge in [-0.15, -0.1) is 0 Å². The summed E-state index contributed by atoms with van der Waals surface area (Å²) in [6, 6.07) is 16.5. The van der Waals surface area contributed by atoms with Crippen LogP contribution in [0.25, 0.3) is 6.08 Å². The lowest BCUT2D eigenvalue weighted by atomic mass is 10.0. The van der Waals surface area contributed by atoms with Crippen LogP contribution in [0.5, 0.6) is 0 Å². The summed E-state index contributed by atoms with van der Waals surface area (Å²) in [5.41, 5.74) is 2.01. The van der Waals surface area contributed by atoms with Gasteiger partial charge in [0.2, 0.25) is 5.78 Å². The molecular weight excluding hydrogens is 336 g/mol. The smallest absolute Gasteiger partial charge is 0.209 e. The van der Waals surface area contributed by atoms with E-state index in [0.29, 0.717) is 17.0 Å². The van der Waals surface area contributed by atoms with E-state index in [9.17, 15) is 15.3 Å². The van der Waals surface area contributed by atoms with Crippen LogP contribution in [0, 0.1) is 22.7 Å². The summed E-state index contributed by atoms with van der Waals surface area (Å²) in [4.78, 5) is 14.8. The van der Waals surface area contributed by atoms with Crippen molar-refractivity contribution in [3.8, 4) is 12.1 Å². The molecule has 1 aliphatic heterocycles. The first-order chi connectivity index (χ1) is 13.2. The summed E-state index contributed by atoms with van der Waals surface area (Å²) in [7, 11) is 1.88. The van der Waals surface area contributed by atoms with E-state index in [1.54, 1.807) is 59.7 Å². The number of nitriles is 2. The quantitative estimate of drug-likeness (QED) is 0.475. The van der Waals surface area contributed by atoms with Crippen molar-refractivity contribution in [2.45, 2.75) is 0 Å². The number of nitrogens with zero attached hydrogens (tertiary/aromatic N) is 4. The lowest BCUT2D eigenvalue weighted by molar-refractivity contribution is 0.101. The molecule has 2 heterocycles. The van der Waals surface area contributed by atoms with E-state index in [1.165, 1.54) is 0 Å². The van der Waals surface area contributed by atoms with E-state index < -0.39 is 0 Å². The maximum Gasteiger partial charge on any atom is 0.209 e. The highest BCUT2D eigenvalue weighted by atomic mass is 16.1. The molecular formula is C22H16N4O. The van der Waals surface area contributed by atoms with Gasteiger partial charge < -0.3 is 9.47 Å². The highest BCUT2D eigenvalue weighted by Crippen LogP contribution is 2.26. The third kappa shape index (κ3) is 3.63. The van der Waals surface area contributed by atoms with Crippen molar-refractivity contribution in [2.75, 3.05) is 0 Å². The van der Waals surface area contributed by atoms with E-state index in [2.05, 4.69) is 0 Å². The number of hydrogen-bond acceptors (Lipinski definition) is 4. The van der Waals surface area contributed by atoms with Crippen molar-refractivity contribution in [2.24, 2.45) is 7.05 Å². The zero-order chi connectivity index (χ0) is 19.2. The molecule has 0 atom stereocenters. The van der Waals surface area contributed by atoms with E-state index in [1.807, 2.05) is 48.1 Å². The second-order valence-electron chi connectivity index (χ2n) is 5.82. The number of ketones is 1. The molecule has 0 spiro atoms. The van der Waals surface area contributed by atoms with E-state index >= 15 is 0 Å². The first kappa shape index (κ1) is 17.7. The standard InChI is InChI=1S/C22H16N4O/c1-25-12-7-10-19(25)14-21(22(27)17-8-3-2-4-9-17)26-13-6-5-11-20(26)18(15-23)16-24/h2-14H,1H3. The minimum absolute atomic E-state index is 0.0609. The van der Waals surface area contributed by atoms with Crippen LogP contribution in [0.4, 0.5) is 0 Å². The Hall–Kier alpha value is -4.09. The summed E-state index contributed by atoms with van der Waals surface area (Å²) in [6.07, 6.45) is 10.5. The van der Waals surface area contributed by atoms with E-state index in [0.717, 1.165) is 5.69 Å². The Labute approximate surface area is 157 Å². The van der Waals surface area contributed by atoms with E-state index in [4.69, 9.17) is 0 Å². The molecule has 5 nitrogen and oxygen atoms in total. The number of aryl methyl sites for hydroxylation is 1. The number of rotatable bonds is 4. The molecule has 0 amide bonds. The van der Waals surface area contributed by atoms with Gasteiger partial charge in [0.15, 0.2) is 5.57 Å². The summed E-state index contributed by atoms with van der Waals surface area (Å²) in [5.74, 6) is -0.204. The number of carbonyl (C=O) groups is 1. The molecule has 1 aromatic carbocycles. The van der Waals surface area contributed by atoms with Gasteiger partial charge >= 0.3 is 0 Å². The molecule has 0 radical (unpaired) electrons. The summed E-state index contributed by atoms with van der Waals surface area (Å²) in [6.45, 7) is 0. The van der Waals surface area contributed by atoms with Crippen LogP contribution in [0.1, 0.15) is 16.1 Å². The highest BCUT2D eigenvalue weighted by molar-refractivity contribution is 6.11. The molecule has 0 bridgehead atoms. The second-order valence-corrected chi connectivity index (χ2v) is 5.82. The first-order valence-corrected chi connectivity index (χ1v) is 8.27. The molecule has 130 valence electrons.